The fourth-order valence-corrected chi connectivity index (χ4v) is 2.06. The molecule has 0 saturated carbocycles. The minimum absolute atomic E-state index is 0.103. The van der Waals surface area contributed by atoms with Crippen molar-refractivity contribution in [2.24, 2.45) is 0 Å². The van der Waals surface area contributed by atoms with E-state index in [1.54, 1.807) is 0 Å². The molecule has 8 nitrogen and oxygen atoms in total. The largest absolute Gasteiger partial charge is 0.480 e. The van der Waals surface area contributed by atoms with Crippen molar-refractivity contribution in [1.29, 1.82) is 0 Å². The average Bonchev–Trinajstić information content (AvgIpc) is 2.40. The Labute approximate surface area is 128 Å². The van der Waals surface area contributed by atoms with E-state index in [1.807, 2.05) is 0 Å². The molecule has 0 radical (unpaired) electrons. The number of halogens is 1. The smallest absolute Gasteiger partial charge is 0.328 e. The molecule has 1 aromatic carbocycles. The second kappa shape index (κ2) is 7.70. The number of aliphatic carboxylic acids is 1. The van der Waals surface area contributed by atoms with Crippen LogP contribution in [0.25, 0.3) is 0 Å². The van der Waals surface area contributed by atoms with Crippen molar-refractivity contribution in [2.45, 2.75) is 12.5 Å². The first kappa shape index (κ1) is 17.1. The maximum absolute atomic E-state index is 11.8. The summed E-state index contributed by atoms with van der Waals surface area (Å²) in [4.78, 5) is 32.7. The van der Waals surface area contributed by atoms with E-state index in [9.17, 15) is 19.7 Å². The number of nitrogens with one attached hydrogen (secondary N) is 1. The van der Waals surface area contributed by atoms with E-state index in [2.05, 4.69) is 21.2 Å². The molecule has 114 valence electrons. The van der Waals surface area contributed by atoms with Gasteiger partial charge in [-0.3, -0.25) is 14.9 Å². The molecule has 1 aromatic rings. The number of hydrogen-bond donors (Lipinski definition) is 2. The van der Waals surface area contributed by atoms with Crippen LogP contribution in [0.5, 0.6) is 0 Å². The van der Waals surface area contributed by atoms with Crippen molar-refractivity contribution in [2.75, 3.05) is 13.7 Å². The Balaban J connectivity index is 2.74. The Kier molecular flexibility index (Phi) is 6.25. The third-order valence-corrected chi connectivity index (χ3v) is 3.30. The molecular formula is C12H13BrN2O6. The average molecular weight is 361 g/mol. The summed E-state index contributed by atoms with van der Waals surface area (Å²) < 4.78 is 5.11. The summed E-state index contributed by atoms with van der Waals surface area (Å²) in [5, 5.41) is 21.8. The standard InChI is InChI=1S/C12H13BrN2O6/c1-21-6-10(12(17)18)14-11(16)4-7-2-3-8(15(19)20)5-9(7)13/h2-3,5,10H,4,6H2,1H3,(H,14,16)(H,17,18). The fourth-order valence-electron chi connectivity index (χ4n) is 1.55. The predicted octanol–water partition coefficient (Wildman–Crippen LogP) is 1.12. The minimum Gasteiger partial charge on any atom is -0.480 e. The van der Waals surface area contributed by atoms with E-state index < -0.39 is 22.8 Å². The first-order chi connectivity index (χ1) is 9.85. The Morgan fingerprint density at radius 2 is 2.19 bits per heavy atom. The van der Waals surface area contributed by atoms with Gasteiger partial charge in [0.15, 0.2) is 6.04 Å². The van der Waals surface area contributed by atoms with Gasteiger partial charge in [0.1, 0.15) is 0 Å². The van der Waals surface area contributed by atoms with Crippen LogP contribution in [-0.4, -0.2) is 41.7 Å². The summed E-state index contributed by atoms with van der Waals surface area (Å²) in [5.41, 5.74) is 0.411. The molecule has 0 aliphatic rings. The third-order valence-electron chi connectivity index (χ3n) is 2.57. The number of carboxylic acids is 1. The van der Waals surface area contributed by atoms with Crippen molar-refractivity contribution >= 4 is 33.5 Å². The summed E-state index contributed by atoms with van der Waals surface area (Å²) in [6.45, 7) is -0.150. The number of benzene rings is 1. The van der Waals surface area contributed by atoms with Gasteiger partial charge in [0.05, 0.1) is 18.0 Å². The Hall–Kier alpha value is -2.00. The molecule has 0 fully saturated rings. The zero-order valence-electron chi connectivity index (χ0n) is 11.0. The second-order valence-corrected chi connectivity index (χ2v) is 4.98. The number of carboxylic acid groups (broad SMARTS) is 1. The van der Waals surface area contributed by atoms with Crippen LogP contribution in [0.4, 0.5) is 5.69 Å². The summed E-state index contributed by atoms with van der Waals surface area (Å²) in [6.07, 6.45) is -0.105. The molecule has 1 amide bonds. The maximum Gasteiger partial charge on any atom is 0.328 e. The van der Waals surface area contributed by atoms with Crippen molar-refractivity contribution in [3.8, 4) is 0 Å². The lowest BCUT2D eigenvalue weighted by Gasteiger charge is -2.13. The lowest BCUT2D eigenvalue weighted by molar-refractivity contribution is -0.384. The molecule has 0 heterocycles. The Morgan fingerprint density at radius 1 is 1.52 bits per heavy atom. The highest BCUT2D eigenvalue weighted by Gasteiger charge is 2.20. The Bertz CT molecular complexity index is 563. The van der Waals surface area contributed by atoms with Crippen molar-refractivity contribution < 1.29 is 24.4 Å². The first-order valence-electron chi connectivity index (χ1n) is 5.79. The summed E-state index contributed by atoms with van der Waals surface area (Å²) in [7, 11) is 1.33. The molecule has 0 aromatic heterocycles. The number of rotatable bonds is 7. The number of hydrogen-bond acceptors (Lipinski definition) is 5. The molecule has 0 aliphatic carbocycles. The molecule has 0 saturated heterocycles. The van der Waals surface area contributed by atoms with E-state index in [4.69, 9.17) is 9.84 Å². The molecule has 0 bridgehead atoms. The molecule has 1 atom stereocenters. The minimum atomic E-state index is -1.20. The molecule has 2 N–H and O–H groups in total. The van der Waals surface area contributed by atoms with Crippen LogP contribution in [0.15, 0.2) is 22.7 Å². The number of carbonyl (C=O) groups is 2. The van der Waals surface area contributed by atoms with Crippen LogP contribution in [0.2, 0.25) is 0 Å². The molecule has 1 unspecified atom stereocenters. The van der Waals surface area contributed by atoms with Gasteiger partial charge >= 0.3 is 5.97 Å². The highest BCUT2D eigenvalue weighted by Crippen LogP contribution is 2.23. The van der Waals surface area contributed by atoms with Gasteiger partial charge in [-0.1, -0.05) is 22.0 Å². The molecule has 21 heavy (non-hydrogen) atoms. The molecule has 1 rings (SSSR count). The van der Waals surface area contributed by atoms with Gasteiger partial charge in [0.25, 0.3) is 5.69 Å². The topological polar surface area (TPSA) is 119 Å². The maximum atomic E-state index is 11.8. The number of nitrogens with zero attached hydrogens (tertiary/aromatic N) is 1. The van der Waals surface area contributed by atoms with Gasteiger partial charge in [-0.2, -0.15) is 0 Å². The van der Waals surface area contributed by atoms with Crippen molar-refractivity contribution in [3.05, 3.63) is 38.3 Å². The van der Waals surface area contributed by atoms with Crippen LogP contribution < -0.4 is 5.32 Å². The fraction of sp³-hybridized carbons (Fsp3) is 0.333. The molecule has 0 aliphatic heterocycles. The van der Waals surface area contributed by atoms with Crippen LogP contribution in [0.1, 0.15) is 5.56 Å². The molecule has 9 heteroatoms. The Morgan fingerprint density at radius 3 is 2.67 bits per heavy atom. The van der Waals surface area contributed by atoms with E-state index in [0.717, 1.165) is 0 Å². The lowest BCUT2D eigenvalue weighted by Crippen LogP contribution is -2.44. The first-order valence-corrected chi connectivity index (χ1v) is 6.58. The number of carbonyl (C=O) groups excluding carboxylic acids is 1. The zero-order chi connectivity index (χ0) is 16.0. The van der Waals surface area contributed by atoms with Gasteiger partial charge in [0.2, 0.25) is 5.91 Å². The van der Waals surface area contributed by atoms with E-state index >= 15 is 0 Å². The van der Waals surface area contributed by atoms with Crippen LogP contribution >= 0.6 is 15.9 Å². The second-order valence-electron chi connectivity index (χ2n) is 4.12. The third kappa shape index (κ3) is 5.12. The summed E-state index contributed by atoms with van der Waals surface area (Å²) in [5.74, 6) is -1.72. The number of ether oxygens (including phenoxy) is 1. The lowest BCUT2D eigenvalue weighted by atomic mass is 10.1. The normalized spacial score (nSPS) is 11.7. The van der Waals surface area contributed by atoms with Gasteiger partial charge in [-0.25, -0.2) is 4.79 Å². The quantitative estimate of drug-likeness (QED) is 0.555. The summed E-state index contributed by atoms with van der Waals surface area (Å²) >= 11 is 3.14. The number of nitro groups is 1. The highest BCUT2D eigenvalue weighted by atomic mass is 79.9. The van der Waals surface area contributed by atoms with Crippen molar-refractivity contribution in [3.63, 3.8) is 0 Å². The van der Waals surface area contributed by atoms with Gasteiger partial charge in [-0.15, -0.1) is 0 Å². The molecule has 0 spiro atoms. The predicted molar refractivity (Wildman–Crippen MR) is 75.9 cm³/mol. The highest BCUT2D eigenvalue weighted by molar-refractivity contribution is 9.10. The van der Waals surface area contributed by atoms with Crippen LogP contribution in [0, 0.1) is 10.1 Å². The van der Waals surface area contributed by atoms with E-state index in [1.165, 1.54) is 25.3 Å². The van der Waals surface area contributed by atoms with Crippen molar-refractivity contribution in [1.82, 2.24) is 5.32 Å². The number of nitro benzene ring substituents is 1. The molecular weight excluding hydrogens is 348 g/mol. The monoisotopic (exact) mass is 360 g/mol. The zero-order valence-corrected chi connectivity index (χ0v) is 12.6. The van der Waals surface area contributed by atoms with Crippen LogP contribution in [0.3, 0.4) is 0 Å². The number of amides is 1. The van der Waals surface area contributed by atoms with Gasteiger partial charge in [-0.05, 0) is 5.56 Å². The van der Waals surface area contributed by atoms with Gasteiger partial charge < -0.3 is 15.2 Å². The number of non-ortho nitro benzene ring substituents is 1. The van der Waals surface area contributed by atoms with E-state index in [-0.39, 0.29) is 18.7 Å². The number of methoxy groups -OCH3 is 1. The SMILES string of the molecule is COCC(NC(=O)Cc1ccc([N+](=O)[O-])cc1Br)C(=O)O. The summed E-state index contributed by atoms with van der Waals surface area (Å²) in [6, 6.07) is 2.86. The van der Waals surface area contributed by atoms with E-state index in [0.29, 0.717) is 10.0 Å². The van der Waals surface area contributed by atoms with Gasteiger partial charge in [0, 0.05) is 23.7 Å². The van der Waals surface area contributed by atoms with Crippen LogP contribution in [-0.2, 0) is 20.7 Å².